The number of benzene rings is 2. The second-order valence-corrected chi connectivity index (χ2v) is 6.56. The smallest absolute Gasteiger partial charge is 0.258 e. The predicted molar refractivity (Wildman–Crippen MR) is 110 cm³/mol. The Kier molecular flexibility index (Phi) is 5.50. The highest BCUT2D eigenvalue weighted by molar-refractivity contribution is 6.04. The molecule has 138 valence electrons. The van der Waals surface area contributed by atoms with Gasteiger partial charge in [0.05, 0.1) is 5.56 Å². The number of aryl methyl sites for hydroxylation is 2. The molecule has 27 heavy (non-hydrogen) atoms. The molecule has 0 aliphatic heterocycles. The first-order valence-electron chi connectivity index (χ1n) is 9.03. The van der Waals surface area contributed by atoms with Crippen LogP contribution in [0.1, 0.15) is 34.0 Å². The van der Waals surface area contributed by atoms with Crippen LogP contribution in [0.3, 0.4) is 0 Å². The van der Waals surface area contributed by atoms with Crippen molar-refractivity contribution in [1.29, 1.82) is 0 Å². The van der Waals surface area contributed by atoms with E-state index in [0.29, 0.717) is 11.5 Å². The molecule has 0 aliphatic rings. The fourth-order valence-corrected chi connectivity index (χ4v) is 2.89. The van der Waals surface area contributed by atoms with E-state index in [1.165, 1.54) is 5.56 Å². The molecule has 3 aromatic rings. The highest BCUT2D eigenvalue weighted by atomic mass is 16.1. The van der Waals surface area contributed by atoms with Crippen LogP contribution in [0.5, 0.6) is 0 Å². The molecule has 0 radical (unpaired) electrons. The van der Waals surface area contributed by atoms with Crippen LogP contribution >= 0.6 is 0 Å². The molecule has 5 nitrogen and oxygen atoms in total. The van der Waals surface area contributed by atoms with Gasteiger partial charge in [-0.25, -0.2) is 9.97 Å². The highest BCUT2D eigenvalue weighted by Gasteiger charge is 2.13. The zero-order valence-electron chi connectivity index (χ0n) is 16.2. The second-order valence-electron chi connectivity index (χ2n) is 6.56. The Hall–Kier alpha value is -3.21. The maximum Gasteiger partial charge on any atom is 0.258 e. The van der Waals surface area contributed by atoms with Gasteiger partial charge in [-0.2, -0.15) is 0 Å². The predicted octanol–water partition coefficient (Wildman–Crippen LogP) is 4.81. The van der Waals surface area contributed by atoms with Gasteiger partial charge in [-0.1, -0.05) is 24.3 Å². The summed E-state index contributed by atoms with van der Waals surface area (Å²) in [6.45, 7) is 8.85. The van der Waals surface area contributed by atoms with Gasteiger partial charge in [0.1, 0.15) is 0 Å². The zero-order chi connectivity index (χ0) is 19.4. The molecule has 0 spiro atoms. The summed E-state index contributed by atoms with van der Waals surface area (Å²) in [5.41, 5.74) is 5.63. The number of carbonyl (C=O) groups excluding carboxylic acids is 1. The van der Waals surface area contributed by atoms with Crippen molar-refractivity contribution in [2.75, 3.05) is 16.8 Å². The molecule has 0 aliphatic carbocycles. The Morgan fingerprint density at radius 3 is 2.41 bits per heavy atom. The van der Waals surface area contributed by atoms with Gasteiger partial charge in [-0.05, 0) is 62.6 Å². The quantitative estimate of drug-likeness (QED) is 0.709. The normalized spacial score (nSPS) is 10.5. The number of hydrogen-bond donors (Lipinski definition) is 1. The fraction of sp³-hybridized carbons (Fsp3) is 0.227. The number of amides is 1. The van der Waals surface area contributed by atoms with Gasteiger partial charge in [-0.3, -0.25) is 4.79 Å². The number of rotatable bonds is 5. The third kappa shape index (κ3) is 4.14. The van der Waals surface area contributed by atoms with Crippen LogP contribution in [-0.4, -0.2) is 22.4 Å². The molecule has 0 saturated carbocycles. The Balaban J connectivity index is 1.80. The number of nitrogens with one attached hydrogen (secondary N) is 1. The van der Waals surface area contributed by atoms with Gasteiger partial charge in [0, 0.05) is 30.3 Å². The molecule has 0 bridgehead atoms. The minimum atomic E-state index is -0.214. The summed E-state index contributed by atoms with van der Waals surface area (Å²) in [4.78, 5) is 23.4. The number of hydrogen-bond acceptors (Lipinski definition) is 4. The van der Waals surface area contributed by atoms with Crippen molar-refractivity contribution >= 4 is 23.2 Å². The van der Waals surface area contributed by atoms with E-state index in [1.807, 2.05) is 56.0 Å². The first-order chi connectivity index (χ1) is 13.0. The van der Waals surface area contributed by atoms with Gasteiger partial charge in [0.15, 0.2) is 0 Å². The summed E-state index contributed by atoms with van der Waals surface area (Å²) in [6, 6.07) is 14.0. The molecule has 0 atom stereocenters. The van der Waals surface area contributed by atoms with E-state index < -0.39 is 0 Å². The van der Waals surface area contributed by atoms with Crippen LogP contribution in [-0.2, 0) is 0 Å². The topological polar surface area (TPSA) is 58.1 Å². The summed E-state index contributed by atoms with van der Waals surface area (Å²) in [6.07, 6.45) is 3.14. The summed E-state index contributed by atoms with van der Waals surface area (Å²) in [5.74, 6) is 0.361. The van der Waals surface area contributed by atoms with Crippen LogP contribution in [0, 0.1) is 20.8 Å². The Labute approximate surface area is 160 Å². The van der Waals surface area contributed by atoms with Crippen LogP contribution in [0.25, 0.3) is 0 Å². The fourth-order valence-electron chi connectivity index (χ4n) is 2.89. The molecule has 5 heteroatoms. The number of nitrogens with zero attached hydrogens (tertiary/aromatic N) is 3. The number of carbonyl (C=O) groups is 1. The van der Waals surface area contributed by atoms with Crippen LogP contribution in [0.15, 0.2) is 54.9 Å². The minimum Gasteiger partial charge on any atom is -0.322 e. The number of aromatic nitrogens is 2. The minimum absolute atomic E-state index is 0.214. The van der Waals surface area contributed by atoms with Crippen LogP contribution < -0.4 is 10.2 Å². The average molecular weight is 360 g/mol. The maximum atomic E-state index is 12.5. The second kappa shape index (κ2) is 7.99. The van der Waals surface area contributed by atoms with Crippen molar-refractivity contribution in [2.45, 2.75) is 27.7 Å². The van der Waals surface area contributed by atoms with E-state index >= 15 is 0 Å². The third-order valence-electron chi connectivity index (χ3n) is 4.62. The average Bonchev–Trinajstić information content (AvgIpc) is 2.67. The van der Waals surface area contributed by atoms with Gasteiger partial charge in [0.25, 0.3) is 5.91 Å². The lowest BCUT2D eigenvalue weighted by Gasteiger charge is -2.21. The largest absolute Gasteiger partial charge is 0.322 e. The molecule has 3 rings (SSSR count). The van der Waals surface area contributed by atoms with Crippen molar-refractivity contribution in [3.05, 3.63) is 77.1 Å². The molecule has 1 amide bonds. The van der Waals surface area contributed by atoms with Crippen molar-refractivity contribution in [3.63, 3.8) is 0 Å². The maximum absolute atomic E-state index is 12.5. The van der Waals surface area contributed by atoms with E-state index in [2.05, 4.69) is 34.3 Å². The molecular formula is C22H24N4O. The lowest BCUT2D eigenvalue weighted by molar-refractivity contribution is 0.102. The molecule has 1 N–H and O–H groups in total. The summed E-state index contributed by atoms with van der Waals surface area (Å²) < 4.78 is 0. The van der Waals surface area contributed by atoms with E-state index in [4.69, 9.17) is 0 Å². The molecule has 0 saturated heterocycles. The van der Waals surface area contributed by atoms with Crippen LogP contribution in [0.4, 0.5) is 17.3 Å². The monoisotopic (exact) mass is 360 g/mol. The zero-order valence-corrected chi connectivity index (χ0v) is 16.2. The Bertz CT molecular complexity index is 951. The standard InChI is InChI=1S/C22H24N4O/c1-5-26(19-10-6-8-15(2)12-19)22-23-13-18(14-24-22)21(27)25-20-11-7-9-16(3)17(20)4/h6-14H,5H2,1-4H3,(H,25,27). The molecule has 2 aromatic carbocycles. The Morgan fingerprint density at radius 2 is 1.74 bits per heavy atom. The molecule has 0 fully saturated rings. The summed E-state index contributed by atoms with van der Waals surface area (Å²) in [7, 11) is 0. The number of anilines is 3. The lowest BCUT2D eigenvalue weighted by atomic mass is 10.1. The van der Waals surface area contributed by atoms with Crippen molar-refractivity contribution in [3.8, 4) is 0 Å². The van der Waals surface area contributed by atoms with E-state index in [0.717, 1.165) is 29.0 Å². The summed E-state index contributed by atoms with van der Waals surface area (Å²) >= 11 is 0. The first kappa shape index (κ1) is 18.6. The Morgan fingerprint density at radius 1 is 1.04 bits per heavy atom. The molecule has 1 heterocycles. The molecular weight excluding hydrogens is 336 g/mol. The lowest BCUT2D eigenvalue weighted by Crippen LogP contribution is -2.20. The SMILES string of the molecule is CCN(c1cccc(C)c1)c1ncc(C(=O)Nc2cccc(C)c2C)cn1. The van der Waals surface area contributed by atoms with Gasteiger partial charge < -0.3 is 10.2 Å². The van der Waals surface area contributed by atoms with E-state index in [-0.39, 0.29) is 5.91 Å². The van der Waals surface area contributed by atoms with E-state index in [1.54, 1.807) is 12.4 Å². The van der Waals surface area contributed by atoms with E-state index in [9.17, 15) is 4.79 Å². The first-order valence-corrected chi connectivity index (χ1v) is 9.03. The van der Waals surface area contributed by atoms with Crippen molar-refractivity contribution in [1.82, 2.24) is 9.97 Å². The van der Waals surface area contributed by atoms with Gasteiger partial charge in [0.2, 0.25) is 5.95 Å². The van der Waals surface area contributed by atoms with Crippen molar-refractivity contribution < 1.29 is 4.79 Å². The third-order valence-corrected chi connectivity index (χ3v) is 4.62. The van der Waals surface area contributed by atoms with Gasteiger partial charge in [-0.15, -0.1) is 0 Å². The van der Waals surface area contributed by atoms with Crippen LogP contribution in [0.2, 0.25) is 0 Å². The van der Waals surface area contributed by atoms with Crippen molar-refractivity contribution in [2.24, 2.45) is 0 Å². The molecule has 1 aromatic heterocycles. The molecule has 0 unspecified atom stereocenters. The summed E-state index contributed by atoms with van der Waals surface area (Å²) in [5, 5.41) is 2.94. The van der Waals surface area contributed by atoms with Gasteiger partial charge >= 0.3 is 0 Å². The highest BCUT2D eigenvalue weighted by Crippen LogP contribution is 2.23.